The molecule has 0 fully saturated rings. The number of rotatable bonds is 10. The highest BCUT2D eigenvalue weighted by molar-refractivity contribution is 5.82. The van der Waals surface area contributed by atoms with Gasteiger partial charge < -0.3 is 19.4 Å². The number of likely N-dealkylation sites (N-methyl/N-ethyl adjacent to an activating group) is 1. The van der Waals surface area contributed by atoms with Crippen LogP contribution in [0.1, 0.15) is 39.0 Å². The van der Waals surface area contributed by atoms with Crippen molar-refractivity contribution in [2.24, 2.45) is 0 Å². The largest absolute Gasteiger partial charge is 0.512 e. The van der Waals surface area contributed by atoms with Crippen molar-refractivity contribution in [3.8, 4) is 0 Å². The van der Waals surface area contributed by atoms with Gasteiger partial charge in [0.15, 0.2) is 6.10 Å². The van der Waals surface area contributed by atoms with E-state index >= 15 is 0 Å². The quantitative estimate of drug-likeness (QED) is 0.212. The summed E-state index contributed by atoms with van der Waals surface area (Å²) in [6.45, 7) is 2.44. The molecule has 0 aromatic heterocycles. The Bertz CT molecular complexity index is 371. The first-order valence-electron chi connectivity index (χ1n) is 7.26. The summed E-state index contributed by atoms with van der Waals surface area (Å²) < 4.78 is 5.63. The van der Waals surface area contributed by atoms with Crippen molar-refractivity contribution in [2.75, 3.05) is 27.7 Å². The maximum absolute atomic E-state index is 11.7. The average molecular weight is 302 g/mol. The fraction of sp³-hybridized carbons (Fsp3) is 0.733. The van der Waals surface area contributed by atoms with E-state index in [-0.39, 0.29) is 12.2 Å². The molecule has 6 heteroatoms. The van der Waals surface area contributed by atoms with Crippen LogP contribution in [-0.4, -0.2) is 60.4 Å². The Balaban J connectivity index is 4.51. The topological polar surface area (TPSA) is 83.8 Å². The van der Waals surface area contributed by atoms with Crippen LogP contribution in [0.3, 0.4) is 0 Å². The first kappa shape index (κ1) is 19.4. The summed E-state index contributed by atoms with van der Waals surface area (Å²) in [5.74, 6) is -1.73. The minimum Gasteiger partial charge on any atom is -0.512 e. The van der Waals surface area contributed by atoms with E-state index in [0.29, 0.717) is 17.4 Å². The van der Waals surface area contributed by atoms with E-state index in [1.165, 1.54) is 0 Å². The summed E-state index contributed by atoms with van der Waals surface area (Å²) in [4.78, 5) is 22.5. The highest BCUT2D eigenvalue weighted by atomic mass is 16.5. The highest BCUT2D eigenvalue weighted by Crippen LogP contribution is 2.09. The van der Waals surface area contributed by atoms with Gasteiger partial charge in [0.1, 0.15) is 6.54 Å². The van der Waals surface area contributed by atoms with Crippen LogP contribution in [0.15, 0.2) is 11.8 Å². The second-order valence-corrected chi connectivity index (χ2v) is 6.22. The third-order valence-corrected chi connectivity index (χ3v) is 2.76. The molecule has 0 saturated carbocycles. The van der Waals surface area contributed by atoms with Crippen molar-refractivity contribution in [3.05, 3.63) is 11.8 Å². The number of carbonyl (C=O) groups is 2. The van der Waals surface area contributed by atoms with E-state index < -0.39 is 18.0 Å². The summed E-state index contributed by atoms with van der Waals surface area (Å²) in [5.41, 5.74) is 0. The van der Waals surface area contributed by atoms with Gasteiger partial charge in [-0.1, -0.05) is 19.8 Å². The number of unbranched alkanes of at least 4 members (excludes halogenated alkanes) is 2. The number of hydrogen-bond donors (Lipinski definition) is 2. The van der Waals surface area contributed by atoms with Crippen LogP contribution in [0.2, 0.25) is 0 Å². The Labute approximate surface area is 126 Å². The van der Waals surface area contributed by atoms with E-state index in [9.17, 15) is 14.7 Å². The highest BCUT2D eigenvalue weighted by Gasteiger charge is 2.24. The Morgan fingerprint density at radius 3 is 2.29 bits per heavy atom. The minimum absolute atomic E-state index is 0.0206. The molecule has 0 saturated heterocycles. The van der Waals surface area contributed by atoms with Gasteiger partial charge in [0, 0.05) is 6.42 Å². The molecule has 122 valence electrons. The number of ether oxygens (including phenoxy) is 1. The maximum atomic E-state index is 11.7. The first-order chi connectivity index (χ1) is 9.64. The number of aliphatic hydroxyl groups is 1. The SMILES string of the molecule is CCCCCC(O)=CC(=O)OC(CC(=O)O)C[N+](C)(C)C. The summed E-state index contributed by atoms with van der Waals surface area (Å²) in [7, 11) is 5.67. The fourth-order valence-electron chi connectivity index (χ4n) is 1.91. The molecule has 2 N–H and O–H groups in total. The van der Waals surface area contributed by atoms with Gasteiger partial charge >= 0.3 is 11.9 Å². The second-order valence-electron chi connectivity index (χ2n) is 6.22. The van der Waals surface area contributed by atoms with Crippen LogP contribution in [0.5, 0.6) is 0 Å². The molecule has 0 bridgehead atoms. The minimum atomic E-state index is -1.02. The lowest BCUT2D eigenvalue weighted by molar-refractivity contribution is -0.873. The van der Waals surface area contributed by atoms with Gasteiger partial charge in [-0.15, -0.1) is 0 Å². The maximum Gasteiger partial charge on any atom is 0.334 e. The summed E-state index contributed by atoms with van der Waals surface area (Å²) >= 11 is 0. The van der Waals surface area contributed by atoms with Gasteiger partial charge in [-0.3, -0.25) is 4.79 Å². The van der Waals surface area contributed by atoms with Crippen molar-refractivity contribution in [1.82, 2.24) is 0 Å². The molecule has 1 unspecified atom stereocenters. The number of carbonyl (C=O) groups excluding carboxylic acids is 1. The molecule has 0 aliphatic heterocycles. The van der Waals surface area contributed by atoms with E-state index in [1.807, 2.05) is 21.1 Å². The Morgan fingerprint density at radius 2 is 1.81 bits per heavy atom. The molecular weight excluding hydrogens is 274 g/mol. The predicted molar refractivity (Wildman–Crippen MR) is 79.9 cm³/mol. The zero-order valence-electron chi connectivity index (χ0n) is 13.5. The molecule has 0 spiro atoms. The van der Waals surface area contributed by atoms with Crippen LogP contribution >= 0.6 is 0 Å². The Kier molecular flexibility index (Phi) is 8.69. The molecule has 0 amide bonds. The number of nitrogens with zero attached hydrogens (tertiary/aromatic N) is 1. The van der Waals surface area contributed by atoms with Crippen LogP contribution in [0.25, 0.3) is 0 Å². The van der Waals surface area contributed by atoms with Crippen LogP contribution in [0, 0.1) is 0 Å². The zero-order chi connectivity index (χ0) is 16.5. The number of allylic oxidation sites excluding steroid dienone is 1. The molecule has 21 heavy (non-hydrogen) atoms. The van der Waals surface area contributed by atoms with E-state index in [0.717, 1.165) is 25.3 Å². The van der Waals surface area contributed by atoms with E-state index in [2.05, 4.69) is 6.92 Å². The third-order valence-electron chi connectivity index (χ3n) is 2.76. The van der Waals surface area contributed by atoms with Crippen LogP contribution in [0.4, 0.5) is 0 Å². The van der Waals surface area contributed by atoms with Crippen LogP contribution in [-0.2, 0) is 14.3 Å². The molecule has 0 radical (unpaired) electrons. The van der Waals surface area contributed by atoms with Gasteiger partial charge in [-0.25, -0.2) is 4.79 Å². The van der Waals surface area contributed by atoms with Gasteiger partial charge in [0.2, 0.25) is 0 Å². The zero-order valence-corrected chi connectivity index (χ0v) is 13.5. The predicted octanol–water partition coefficient (Wildman–Crippen LogP) is 2.10. The van der Waals surface area contributed by atoms with Crippen molar-refractivity contribution < 1.29 is 29.0 Å². The van der Waals surface area contributed by atoms with Crippen molar-refractivity contribution in [1.29, 1.82) is 0 Å². The van der Waals surface area contributed by atoms with Crippen molar-refractivity contribution in [2.45, 2.75) is 45.1 Å². The standard InChI is InChI=1S/C15H27NO5/c1-5-6-7-8-12(17)9-15(20)21-13(10-14(18)19)11-16(2,3)4/h9,13H,5-8,10-11H2,1-4H3,(H-,17,18,19,20)/p+1. The fourth-order valence-corrected chi connectivity index (χ4v) is 1.91. The monoisotopic (exact) mass is 302 g/mol. The van der Waals surface area contributed by atoms with Crippen LogP contribution < -0.4 is 0 Å². The number of aliphatic carboxylic acids is 1. The Hall–Kier alpha value is -1.56. The number of aliphatic hydroxyl groups excluding tert-OH is 1. The lowest BCUT2D eigenvalue weighted by atomic mass is 10.2. The molecule has 0 aromatic rings. The number of carboxylic acids is 1. The number of quaternary nitrogens is 1. The molecular formula is C15H28NO5+. The number of esters is 1. The second kappa shape index (κ2) is 9.39. The molecule has 0 rings (SSSR count). The molecule has 0 aromatic carbocycles. The van der Waals surface area contributed by atoms with E-state index in [1.54, 1.807) is 0 Å². The van der Waals surface area contributed by atoms with E-state index in [4.69, 9.17) is 9.84 Å². The molecule has 0 heterocycles. The molecule has 6 nitrogen and oxygen atoms in total. The number of hydrogen-bond acceptors (Lipinski definition) is 4. The third kappa shape index (κ3) is 11.9. The summed E-state index contributed by atoms with van der Waals surface area (Å²) in [5, 5.41) is 18.5. The average Bonchev–Trinajstić information content (AvgIpc) is 2.25. The van der Waals surface area contributed by atoms with Gasteiger partial charge in [-0.05, 0) is 6.42 Å². The smallest absolute Gasteiger partial charge is 0.334 e. The van der Waals surface area contributed by atoms with Gasteiger partial charge in [-0.2, -0.15) is 0 Å². The van der Waals surface area contributed by atoms with Crippen molar-refractivity contribution in [3.63, 3.8) is 0 Å². The summed E-state index contributed by atoms with van der Waals surface area (Å²) in [6, 6.07) is 0. The molecule has 1 atom stereocenters. The first-order valence-corrected chi connectivity index (χ1v) is 7.26. The molecule has 0 aliphatic carbocycles. The lowest BCUT2D eigenvalue weighted by Gasteiger charge is -2.28. The molecule has 0 aliphatic rings. The summed E-state index contributed by atoms with van der Waals surface area (Å²) in [6.07, 6.45) is 3.34. The normalized spacial score (nSPS) is 13.8. The Morgan fingerprint density at radius 1 is 1.19 bits per heavy atom. The lowest BCUT2D eigenvalue weighted by Crippen LogP contribution is -2.43. The number of carboxylic acid groups (broad SMARTS) is 1. The van der Waals surface area contributed by atoms with Crippen molar-refractivity contribution >= 4 is 11.9 Å². The van der Waals surface area contributed by atoms with Gasteiger partial charge in [0.25, 0.3) is 0 Å². The van der Waals surface area contributed by atoms with Gasteiger partial charge in [0.05, 0.1) is 39.4 Å².